The zero-order valence-electron chi connectivity index (χ0n) is 16.8. The number of fused-ring (bicyclic) bond motifs is 4. The summed E-state index contributed by atoms with van der Waals surface area (Å²) in [5, 5.41) is 11.6. The number of urea groups is 1. The number of H-pyrrole nitrogens is 1. The average Bonchev–Trinajstić information content (AvgIpc) is 3.39. The predicted molar refractivity (Wildman–Crippen MR) is 121 cm³/mol. The van der Waals surface area contributed by atoms with E-state index in [1.165, 1.54) is 10.9 Å². The molecule has 1 aliphatic carbocycles. The zero-order chi connectivity index (χ0) is 20.7. The molecule has 1 aromatic carbocycles. The molecule has 2 saturated heterocycles. The van der Waals surface area contributed by atoms with E-state index in [-0.39, 0.29) is 30.1 Å². The van der Waals surface area contributed by atoms with Crippen molar-refractivity contribution in [1.29, 1.82) is 0 Å². The fraction of sp³-hybridized carbons (Fsp3) is 0.545. The van der Waals surface area contributed by atoms with Gasteiger partial charge in [0.2, 0.25) is 5.91 Å². The van der Waals surface area contributed by atoms with E-state index in [0.29, 0.717) is 11.7 Å². The monoisotopic (exact) mass is 446 g/mol. The quantitative estimate of drug-likeness (QED) is 0.399. The van der Waals surface area contributed by atoms with E-state index < -0.39 is 0 Å². The van der Waals surface area contributed by atoms with Crippen molar-refractivity contribution in [2.24, 2.45) is 0 Å². The summed E-state index contributed by atoms with van der Waals surface area (Å²) in [6, 6.07) is 6.49. The molecule has 3 aliphatic rings. The molecule has 4 N–H and O–H groups in total. The van der Waals surface area contributed by atoms with E-state index in [1.807, 2.05) is 23.9 Å². The van der Waals surface area contributed by atoms with Gasteiger partial charge in [-0.05, 0) is 43.7 Å². The molecule has 1 aromatic heterocycles. The summed E-state index contributed by atoms with van der Waals surface area (Å²) in [5.74, 6) is 1.10. The number of thioether (sulfide) groups is 1. The number of carbonyl (C=O) groups is 2. The summed E-state index contributed by atoms with van der Waals surface area (Å²) in [6.07, 6.45) is 6.50. The number of unbranched alkanes of at least 4 members (excludes halogenated alkanes) is 1. The molecule has 0 radical (unpaired) electrons. The van der Waals surface area contributed by atoms with Crippen molar-refractivity contribution in [1.82, 2.24) is 20.9 Å². The topological polar surface area (TPSA) is 86.0 Å². The first-order valence-corrected chi connectivity index (χ1v) is 12.3. The number of amides is 3. The number of nitrogens with one attached hydrogen (secondary N) is 4. The second kappa shape index (κ2) is 8.35. The Morgan fingerprint density at radius 2 is 2.17 bits per heavy atom. The number of rotatable bonds is 6. The van der Waals surface area contributed by atoms with Gasteiger partial charge >= 0.3 is 6.03 Å². The van der Waals surface area contributed by atoms with Crippen molar-refractivity contribution >= 4 is 46.2 Å². The van der Waals surface area contributed by atoms with Crippen LogP contribution in [0.15, 0.2) is 18.2 Å². The predicted octanol–water partition coefficient (Wildman–Crippen LogP) is 4.04. The first kappa shape index (κ1) is 20.1. The highest BCUT2D eigenvalue weighted by Gasteiger charge is 2.42. The summed E-state index contributed by atoms with van der Waals surface area (Å²) >= 11 is 8.29. The molecule has 2 aromatic rings. The minimum Gasteiger partial charge on any atom is -0.355 e. The zero-order valence-corrected chi connectivity index (χ0v) is 18.4. The molecule has 3 amide bonds. The second-order valence-electron chi connectivity index (χ2n) is 8.56. The number of carbonyl (C=O) groups excluding carboxylic acids is 2. The molecule has 0 bridgehead atoms. The molecule has 2 fully saturated rings. The molecular formula is C22H27ClN4O2S. The van der Waals surface area contributed by atoms with Gasteiger partial charge in [0.05, 0.1) is 28.7 Å². The Bertz CT molecular complexity index is 977. The molecule has 4 atom stereocenters. The van der Waals surface area contributed by atoms with Crippen molar-refractivity contribution in [3.63, 3.8) is 0 Å². The van der Waals surface area contributed by atoms with Gasteiger partial charge in [-0.15, -0.1) is 0 Å². The van der Waals surface area contributed by atoms with Crippen LogP contribution in [0.1, 0.15) is 55.8 Å². The van der Waals surface area contributed by atoms with E-state index in [4.69, 9.17) is 11.6 Å². The second-order valence-corrected chi connectivity index (χ2v) is 10.2. The summed E-state index contributed by atoms with van der Waals surface area (Å²) in [4.78, 5) is 27.6. The van der Waals surface area contributed by atoms with Crippen LogP contribution in [0.25, 0.3) is 10.9 Å². The third-order valence-electron chi connectivity index (χ3n) is 6.61. The Balaban J connectivity index is 1.13. The van der Waals surface area contributed by atoms with Crippen LogP contribution in [0.2, 0.25) is 5.02 Å². The highest BCUT2D eigenvalue weighted by Crippen LogP contribution is 2.37. The Kier molecular flexibility index (Phi) is 5.58. The van der Waals surface area contributed by atoms with Gasteiger partial charge in [-0.3, -0.25) is 4.79 Å². The smallest absolute Gasteiger partial charge is 0.315 e. The van der Waals surface area contributed by atoms with Gasteiger partial charge in [0.1, 0.15) is 0 Å². The molecule has 8 heteroatoms. The SMILES string of the molecule is O=C(CCCC[C@@H]1SC[C@@H]2NC(=O)N[C@@H]21)N[C@@H]1CCCc2c1[nH]c1c(Cl)cccc21. The highest BCUT2D eigenvalue weighted by molar-refractivity contribution is 8.00. The van der Waals surface area contributed by atoms with Gasteiger partial charge in [0.25, 0.3) is 0 Å². The number of aromatic nitrogens is 1. The minimum absolute atomic E-state index is 0.0376. The standard InChI is InChI=1S/C22H27ClN4O2S/c23-14-7-3-5-12-13-6-4-8-15(20(13)26-19(12)14)24-18(28)10-2-1-9-17-21-16(11-30-17)25-22(29)27-21/h3,5,7,15-17,21,26H,1-2,4,6,8-11H2,(H,24,28)(H2,25,27,29)/t15-,16+,17+,21+/m1/s1. The number of benzene rings is 1. The van der Waals surface area contributed by atoms with Crippen LogP contribution in [0.3, 0.4) is 0 Å². The largest absolute Gasteiger partial charge is 0.355 e. The van der Waals surface area contributed by atoms with Crippen molar-refractivity contribution < 1.29 is 9.59 Å². The van der Waals surface area contributed by atoms with Crippen LogP contribution < -0.4 is 16.0 Å². The van der Waals surface area contributed by atoms with Crippen LogP contribution in [0, 0.1) is 0 Å². The molecule has 5 rings (SSSR count). The first-order valence-electron chi connectivity index (χ1n) is 10.9. The molecular weight excluding hydrogens is 420 g/mol. The summed E-state index contributed by atoms with van der Waals surface area (Å²) in [7, 11) is 0. The van der Waals surface area contributed by atoms with Gasteiger partial charge in [0, 0.05) is 28.5 Å². The van der Waals surface area contributed by atoms with E-state index in [0.717, 1.165) is 60.5 Å². The number of hydrogen-bond acceptors (Lipinski definition) is 3. The fourth-order valence-corrected chi connectivity index (χ4v) is 6.90. The summed E-state index contributed by atoms with van der Waals surface area (Å²) in [5.41, 5.74) is 3.39. The molecule has 6 nitrogen and oxygen atoms in total. The van der Waals surface area contributed by atoms with Gasteiger partial charge in [-0.1, -0.05) is 30.2 Å². The Morgan fingerprint density at radius 1 is 1.27 bits per heavy atom. The number of halogens is 1. The van der Waals surface area contributed by atoms with Gasteiger partial charge < -0.3 is 20.9 Å². The lowest BCUT2D eigenvalue weighted by molar-refractivity contribution is -0.122. The van der Waals surface area contributed by atoms with Crippen molar-refractivity contribution in [3.05, 3.63) is 34.5 Å². The molecule has 0 unspecified atom stereocenters. The third-order valence-corrected chi connectivity index (χ3v) is 8.43. The molecule has 160 valence electrons. The van der Waals surface area contributed by atoms with Crippen LogP contribution in [-0.4, -0.2) is 40.0 Å². The molecule has 0 saturated carbocycles. The maximum Gasteiger partial charge on any atom is 0.315 e. The van der Waals surface area contributed by atoms with Gasteiger partial charge in [-0.2, -0.15) is 11.8 Å². The van der Waals surface area contributed by atoms with E-state index in [9.17, 15) is 9.59 Å². The number of aryl methyl sites for hydroxylation is 1. The molecule has 2 aliphatic heterocycles. The van der Waals surface area contributed by atoms with Gasteiger partial charge in [0.15, 0.2) is 0 Å². The minimum atomic E-state index is -0.0419. The van der Waals surface area contributed by atoms with E-state index in [2.05, 4.69) is 27.0 Å². The van der Waals surface area contributed by atoms with E-state index >= 15 is 0 Å². The van der Waals surface area contributed by atoms with Crippen molar-refractivity contribution in [3.8, 4) is 0 Å². The number of hydrogen-bond donors (Lipinski definition) is 4. The highest BCUT2D eigenvalue weighted by atomic mass is 35.5. The van der Waals surface area contributed by atoms with Crippen molar-refractivity contribution in [2.75, 3.05) is 5.75 Å². The Hall–Kier alpha value is -1.86. The maximum absolute atomic E-state index is 12.6. The third kappa shape index (κ3) is 3.78. The Morgan fingerprint density at radius 3 is 3.07 bits per heavy atom. The first-order chi connectivity index (χ1) is 14.6. The lowest BCUT2D eigenvalue weighted by atomic mass is 9.91. The summed E-state index contributed by atoms with van der Waals surface area (Å²) in [6.45, 7) is 0. The van der Waals surface area contributed by atoms with E-state index in [1.54, 1.807) is 0 Å². The normalized spacial score (nSPS) is 27.4. The van der Waals surface area contributed by atoms with Crippen LogP contribution in [0.5, 0.6) is 0 Å². The Labute approximate surface area is 185 Å². The van der Waals surface area contributed by atoms with Gasteiger partial charge in [-0.25, -0.2) is 4.79 Å². The summed E-state index contributed by atoms with van der Waals surface area (Å²) < 4.78 is 0. The fourth-order valence-electron chi connectivity index (χ4n) is 5.14. The lowest BCUT2D eigenvalue weighted by Gasteiger charge is -2.24. The lowest BCUT2D eigenvalue weighted by Crippen LogP contribution is -2.36. The number of para-hydroxylation sites is 1. The maximum atomic E-state index is 12.6. The number of aromatic amines is 1. The van der Waals surface area contributed by atoms with Crippen LogP contribution in [0.4, 0.5) is 4.79 Å². The average molecular weight is 447 g/mol. The van der Waals surface area contributed by atoms with Crippen molar-refractivity contribution in [2.45, 2.75) is 68.3 Å². The molecule has 3 heterocycles. The molecule has 30 heavy (non-hydrogen) atoms. The van der Waals surface area contributed by atoms with Crippen LogP contribution in [-0.2, 0) is 11.2 Å². The molecule has 0 spiro atoms. The van der Waals surface area contributed by atoms with Crippen LogP contribution >= 0.6 is 23.4 Å².